The zero-order valence-corrected chi connectivity index (χ0v) is 17.0. The first-order valence-electron chi connectivity index (χ1n) is 9.04. The van der Waals surface area contributed by atoms with Crippen LogP contribution in [-0.2, 0) is 25.5 Å². The molecule has 0 heterocycles. The van der Waals surface area contributed by atoms with E-state index in [4.69, 9.17) is 14.6 Å². The van der Waals surface area contributed by atoms with Gasteiger partial charge in [0, 0.05) is 6.42 Å². The number of carboxylic acids is 1. The van der Waals surface area contributed by atoms with E-state index in [0.717, 1.165) is 5.56 Å². The fraction of sp³-hybridized carbons (Fsp3) is 0.571. The number of hydrogen-bond donors (Lipinski definition) is 1. The van der Waals surface area contributed by atoms with Crippen LogP contribution in [0, 0.1) is 5.92 Å². The molecular weight excluding hydrogens is 348 g/mol. The Hall–Kier alpha value is -2.37. The summed E-state index contributed by atoms with van der Waals surface area (Å²) in [6.07, 6.45) is 0.425. The Bertz CT molecular complexity index is 661. The highest BCUT2D eigenvalue weighted by molar-refractivity contribution is 5.89. The van der Waals surface area contributed by atoms with Gasteiger partial charge in [-0.3, -0.25) is 9.59 Å². The minimum atomic E-state index is -0.955. The molecule has 0 amide bonds. The zero-order valence-electron chi connectivity index (χ0n) is 17.0. The predicted molar refractivity (Wildman–Crippen MR) is 102 cm³/mol. The van der Waals surface area contributed by atoms with Crippen molar-refractivity contribution in [2.24, 2.45) is 5.92 Å². The molecule has 0 aromatic heterocycles. The quantitative estimate of drug-likeness (QED) is 0.721. The van der Waals surface area contributed by atoms with Crippen molar-refractivity contribution in [1.82, 2.24) is 0 Å². The number of ether oxygens (including phenoxy) is 2. The molecule has 6 nitrogen and oxygen atoms in total. The molecule has 150 valence electrons. The number of rotatable bonds is 7. The average Bonchev–Trinajstić information content (AvgIpc) is 2.48. The number of esters is 2. The second-order valence-electron chi connectivity index (χ2n) is 8.57. The first-order chi connectivity index (χ1) is 12.3. The van der Waals surface area contributed by atoms with Crippen molar-refractivity contribution in [3.63, 3.8) is 0 Å². The van der Waals surface area contributed by atoms with Gasteiger partial charge in [0.05, 0.1) is 11.5 Å². The summed E-state index contributed by atoms with van der Waals surface area (Å²) in [5.74, 6) is -2.35. The van der Waals surface area contributed by atoms with Crippen molar-refractivity contribution >= 4 is 17.9 Å². The van der Waals surface area contributed by atoms with Gasteiger partial charge in [0.15, 0.2) is 0 Å². The van der Waals surface area contributed by atoms with Crippen LogP contribution >= 0.6 is 0 Å². The summed E-state index contributed by atoms with van der Waals surface area (Å²) in [6, 6.07) is 6.79. The number of carbonyl (C=O) groups is 3. The van der Waals surface area contributed by atoms with Gasteiger partial charge in [-0.15, -0.1) is 0 Å². The van der Waals surface area contributed by atoms with Crippen LogP contribution in [0.5, 0.6) is 0 Å². The van der Waals surface area contributed by atoms with Crippen LogP contribution in [0.3, 0.4) is 0 Å². The number of benzene rings is 1. The molecule has 0 radical (unpaired) electrons. The molecular formula is C21H30O6. The Kier molecular flexibility index (Phi) is 7.57. The summed E-state index contributed by atoms with van der Waals surface area (Å²) < 4.78 is 10.7. The lowest BCUT2D eigenvalue weighted by Crippen LogP contribution is -2.30. The van der Waals surface area contributed by atoms with E-state index in [1.807, 2.05) is 0 Å². The topological polar surface area (TPSA) is 89.9 Å². The van der Waals surface area contributed by atoms with E-state index in [2.05, 4.69) is 0 Å². The molecule has 0 spiro atoms. The lowest BCUT2D eigenvalue weighted by atomic mass is 9.94. The number of carbonyl (C=O) groups excluding carboxylic acids is 2. The first-order valence-corrected chi connectivity index (χ1v) is 9.04. The van der Waals surface area contributed by atoms with Crippen molar-refractivity contribution in [3.05, 3.63) is 35.4 Å². The average molecular weight is 378 g/mol. The van der Waals surface area contributed by atoms with Crippen molar-refractivity contribution < 1.29 is 29.0 Å². The van der Waals surface area contributed by atoms with Gasteiger partial charge in [-0.25, -0.2) is 4.79 Å². The van der Waals surface area contributed by atoms with E-state index in [1.165, 1.54) is 0 Å². The molecule has 1 N–H and O–H groups in total. The van der Waals surface area contributed by atoms with Crippen molar-refractivity contribution in [2.75, 3.05) is 0 Å². The molecule has 1 unspecified atom stereocenters. The van der Waals surface area contributed by atoms with E-state index in [9.17, 15) is 14.4 Å². The smallest absolute Gasteiger partial charge is 0.338 e. The molecule has 1 atom stereocenters. The Balaban J connectivity index is 2.86. The maximum atomic E-state index is 12.4. The molecule has 1 aromatic rings. The van der Waals surface area contributed by atoms with Crippen LogP contribution in [-0.4, -0.2) is 34.2 Å². The van der Waals surface area contributed by atoms with Gasteiger partial charge in [0.1, 0.15) is 11.2 Å². The van der Waals surface area contributed by atoms with Crippen molar-refractivity contribution in [3.8, 4) is 0 Å². The monoisotopic (exact) mass is 378 g/mol. The van der Waals surface area contributed by atoms with Gasteiger partial charge in [0.2, 0.25) is 0 Å². The first kappa shape index (κ1) is 22.7. The minimum Gasteiger partial charge on any atom is -0.481 e. The number of hydrogen-bond acceptors (Lipinski definition) is 5. The van der Waals surface area contributed by atoms with E-state index >= 15 is 0 Å². The molecule has 6 heteroatoms. The third kappa shape index (κ3) is 9.22. The fourth-order valence-electron chi connectivity index (χ4n) is 2.38. The maximum absolute atomic E-state index is 12.4. The highest BCUT2D eigenvalue weighted by atomic mass is 16.6. The molecule has 0 saturated heterocycles. The van der Waals surface area contributed by atoms with Crippen molar-refractivity contribution in [1.29, 1.82) is 0 Å². The highest BCUT2D eigenvalue weighted by Gasteiger charge is 2.26. The summed E-state index contributed by atoms with van der Waals surface area (Å²) in [5, 5.41) is 8.93. The third-order valence-electron chi connectivity index (χ3n) is 3.52. The number of aliphatic carboxylic acids is 1. The molecule has 1 aromatic carbocycles. The molecule has 1 rings (SSSR count). The molecule has 0 aliphatic carbocycles. The third-order valence-corrected chi connectivity index (χ3v) is 3.52. The van der Waals surface area contributed by atoms with E-state index < -0.39 is 35.0 Å². The second kappa shape index (κ2) is 9.02. The van der Waals surface area contributed by atoms with Crippen LogP contribution < -0.4 is 0 Å². The lowest BCUT2D eigenvalue weighted by Gasteiger charge is -2.24. The zero-order chi connectivity index (χ0) is 20.8. The maximum Gasteiger partial charge on any atom is 0.338 e. The van der Waals surface area contributed by atoms with Gasteiger partial charge < -0.3 is 14.6 Å². The summed E-state index contributed by atoms with van der Waals surface area (Å²) in [4.78, 5) is 35.4. The Morgan fingerprint density at radius 2 is 1.44 bits per heavy atom. The second-order valence-corrected chi connectivity index (χ2v) is 8.57. The SMILES string of the molecule is CC(C)(C)OC(=O)c1ccc(CC(CCC(=O)O)C(=O)OC(C)(C)C)cc1. The normalized spacial score (nSPS) is 13.0. The van der Waals surface area contributed by atoms with E-state index in [-0.39, 0.29) is 12.8 Å². The summed E-state index contributed by atoms with van der Waals surface area (Å²) in [5.41, 5.74) is 0.0321. The fourth-order valence-corrected chi connectivity index (χ4v) is 2.38. The molecule has 0 aliphatic heterocycles. The van der Waals surface area contributed by atoms with Gasteiger partial charge in [-0.2, -0.15) is 0 Å². The predicted octanol–water partition coefficient (Wildman–Crippen LogP) is 4.01. The minimum absolute atomic E-state index is 0.111. The van der Waals surface area contributed by atoms with Crippen LogP contribution in [0.25, 0.3) is 0 Å². The largest absolute Gasteiger partial charge is 0.481 e. The molecule has 0 aliphatic rings. The van der Waals surface area contributed by atoms with Gasteiger partial charge in [-0.1, -0.05) is 12.1 Å². The van der Waals surface area contributed by atoms with Crippen LogP contribution in [0.2, 0.25) is 0 Å². The van der Waals surface area contributed by atoms with Gasteiger partial charge >= 0.3 is 17.9 Å². The Labute approximate surface area is 160 Å². The van der Waals surface area contributed by atoms with Crippen molar-refractivity contribution in [2.45, 2.75) is 72.0 Å². The van der Waals surface area contributed by atoms with E-state index in [0.29, 0.717) is 12.0 Å². The Morgan fingerprint density at radius 3 is 1.89 bits per heavy atom. The van der Waals surface area contributed by atoms with Gasteiger partial charge in [0.25, 0.3) is 0 Å². The summed E-state index contributed by atoms with van der Waals surface area (Å²) in [7, 11) is 0. The number of carboxylic acid groups (broad SMARTS) is 1. The highest BCUT2D eigenvalue weighted by Crippen LogP contribution is 2.21. The molecule has 0 bridgehead atoms. The van der Waals surface area contributed by atoms with E-state index in [1.54, 1.807) is 65.8 Å². The molecule has 0 saturated carbocycles. The van der Waals surface area contributed by atoms with Crippen LogP contribution in [0.15, 0.2) is 24.3 Å². The van der Waals surface area contributed by atoms with Gasteiger partial charge in [-0.05, 0) is 72.1 Å². The lowest BCUT2D eigenvalue weighted by molar-refractivity contribution is -0.160. The molecule has 27 heavy (non-hydrogen) atoms. The molecule has 0 fully saturated rings. The van der Waals surface area contributed by atoms with Crippen LogP contribution in [0.4, 0.5) is 0 Å². The summed E-state index contributed by atoms with van der Waals surface area (Å²) >= 11 is 0. The Morgan fingerprint density at radius 1 is 0.926 bits per heavy atom. The standard InChI is InChI=1S/C21H30O6/c1-20(2,3)26-18(24)15-9-7-14(8-10-15)13-16(11-12-17(22)23)19(25)27-21(4,5)6/h7-10,16H,11-13H2,1-6H3,(H,22,23). The van der Waals surface area contributed by atoms with Crippen LogP contribution in [0.1, 0.15) is 70.3 Å². The summed E-state index contributed by atoms with van der Waals surface area (Å²) in [6.45, 7) is 10.7.